The molecule has 2 aliphatic rings. The predicted molar refractivity (Wildman–Crippen MR) is 113 cm³/mol. The minimum absolute atomic E-state index is 0.221. The molecule has 2 aromatic heterocycles. The molecular formula is C24H18FNO2S. The number of pyridine rings is 1. The van der Waals surface area contributed by atoms with Gasteiger partial charge in [-0.1, -0.05) is 12.1 Å². The molecule has 3 heterocycles. The number of aromatic nitrogens is 1. The van der Waals surface area contributed by atoms with E-state index in [1.807, 2.05) is 24.3 Å². The van der Waals surface area contributed by atoms with Crippen LogP contribution in [0.3, 0.4) is 0 Å². The van der Waals surface area contributed by atoms with Crippen LogP contribution >= 0.6 is 11.3 Å². The average molecular weight is 403 g/mol. The van der Waals surface area contributed by atoms with Crippen LogP contribution in [0.2, 0.25) is 0 Å². The summed E-state index contributed by atoms with van der Waals surface area (Å²) in [5, 5.41) is 1.19. The van der Waals surface area contributed by atoms with Gasteiger partial charge in [-0.25, -0.2) is 9.37 Å². The van der Waals surface area contributed by atoms with Crippen LogP contribution in [0.25, 0.3) is 32.6 Å². The SMILES string of the molecule is Fc1cccc(-c2cc(-c3ccc4c(c3)OCO4)nc3sc4c(c23)CCCC4)c1. The molecule has 0 atom stereocenters. The topological polar surface area (TPSA) is 31.4 Å². The van der Waals surface area contributed by atoms with E-state index >= 15 is 0 Å². The predicted octanol–water partition coefficient (Wildman–Crippen LogP) is 6.38. The van der Waals surface area contributed by atoms with E-state index in [1.165, 1.54) is 34.7 Å². The second-order valence-electron chi connectivity index (χ2n) is 7.52. The Balaban J connectivity index is 1.61. The summed E-state index contributed by atoms with van der Waals surface area (Å²) in [6, 6.07) is 14.9. The molecule has 3 nitrogen and oxygen atoms in total. The molecule has 0 amide bonds. The molecule has 0 unspecified atom stereocenters. The Kier molecular flexibility index (Phi) is 3.84. The Morgan fingerprint density at radius 3 is 2.72 bits per heavy atom. The van der Waals surface area contributed by atoms with Crippen molar-refractivity contribution in [2.24, 2.45) is 0 Å². The fraction of sp³-hybridized carbons (Fsp3) is 0.208. The number of hydrogen-bond acceptors (Lipinski definition) is 4. The van der Waals surface area contributed by atoms with Crippen molar-refractivity contribution in [2.45, 2.75) is 25.7 Å². The number of hydrogen-bond donors (Lipinski definition) is 0. The molecule has 4 aromatic rings. The molecule has 29 heavy (non-hydrogen) atoms. The lowest BCUT2D eigenvalue weighted by Crippen LogP contribution is -1.99. The third-order valence-corrected chi connectivity index (χ3v) is 6.91. The lowest BCUT2D eigenvalue weighted by Gasteiger charge is -2.13. The maximum absolute atomic E-state index is 14.0. The van der Waals surface area contributed by atoms with Gasteiger partial charge >= 0.3 is 0 Å². The molecule has 0 fully saturated rings. The molecule has 6 rings (SSSR count). The monoisotopic (exact) mass is 403 g/mol. The fourth-order valence-corrected chi connectivity index (χ4v) is 5.63. The van der Waals surface area contributed by atoms with Crippen LogP contribution in [-0.2, 0) is 12.8 Å². The summed E-state index contributed by atoms with van der Waals surface area (Å²) in [4.78, 5) is 7.48. The van der Waals surface area contributed by atoms with Crippen molar-refractivity contribution < 1.29 is 13.9 Å². The number of benzene rings is 2. The molecule has 0 bridgehead atoms. The summed E-state index contributed by atoms with van der Waals surface area (Å²) in [5.74, 6) is 1.27. The Labute approximate surface area is 171 Å². The summed E-state index contributed by atoms with van der Waals surface area (Å²) < 4.78 is 25.0. The highest BCUT2D eigenvalue weighted by atomic mass is 32.1. The summed E-state index contributed by atoms with van der Waals surface area (Å²) in [6.45, 7) is 0.247. The van der Waals surface area contributed by atoms with Gasteiger partial charge in [0.25, 0.3) is 0 Å². The van der Waals surface area contributed by atoms with Gasteiger partial charge in [0, 0.05) is 15.8 Å². The van der Waals surface area contributed by atoms with Gasteiger partial charge in [0.05, 0.1) is 5.69 Å². The number of halogens is 1. The van der Waals surface area contributed by atoms with E-state index in [0.29, 0.717) is 0 Å². The number of thiophene rings is 1. The highest BCUT2D eigenvalue weighted by molar-refractivity contribution is 7.19. The first-order valence-corrected chi connectivity index (χ1v) is 10.7. The zero-order valence-corrected chi connectivity index (χ0v) is 16.5. The molecule has 1 aliphatic carbocycles. The van der Waals surface area contributed by atoms with Crippen LogP contribution in [0, 0.1) is 5.82 Å². The van der Waals surface area contributed by atoms with Gasteiger partial charge in [-0.05, 0) is 78.8 Å². The van der Waals surface area contributed by atoms with Crippen LogP contribution in [0.15, 0.2) is 48.5 Å². The molecule has 0 saturated heterocycles. The molecule has 0 saturated carbocycles. The van der Waals surface area contributed by atoms with E-state index in [0.717, 1.165) is 51.6 Å². The smallest absolute Gasteiger partial charge is 0.231 e. The lowest BCUT2D eigenvalue weighted by molar-refractivity contribution is 0.174. The Morgan fingerprint density at radius 1 is 0.897 bits per heavy atom. The van der Waals surface area contributed by atoms with Gasteiger partial charge in [-0.2, -0.15) is 0 Å². The van der Waals surface area contributed by atoms with Crippen molar-refractivity contribution >= 4 is 21.6 Å². The molecular weight excluding hydrogens is 385 g/mol. The van der Waals surface area contributed by atoms with Crippen LogP contribution in [0.1, 0.15) is 23.3 Å². The van der Waals surface area contributed by atoms with Crippen molar-refractivity contribution in [3.63, 3.8) is 0 Å². The van der Waals surface area contributed by atoms with E-state index < -0.39 is 0 Å². The average Bonchev–Trinajstić information content (AvgIpc) is 3.36. The summed E-state index contributed by atoms with van der Waals surface area (Å²) in [6.07, 6.45) is 4.61. The van der Waals surface area contributed by atoms with Crippen molar-refractivity contribution in [1.29, 1.82) is 0 Å². The van der Waals surface area contributed by atoms with Gasteiger partial charge < -0.3 is 9.47 Å². The summed E-state index contributed by atoms with van der Waals surface area (Å²) in [7, 11) is 0. The summed E-state index contributed by atoms with van der Waals surface area (Å²) in [5.41, 5.74) is 5.20. The maximum Gasteiger partial charge on any atom is 0.231 e. The van der Waals surface area contributed by atoms with Crippen molar-refractivity contribution in [1.82, 2.24) is 4.98 Å². The number of fused-ring (bicyclic) bond motifs is 4. The number of aryl methyl sites for hydroxylation is 2. The Hall–Kier alpha value is -2.92. The van der Waals surface area contributed by atoms with Crippen molar-refractivity contribution in [3.05, 3.63) is 64.8 Å². The highest BCUT2D eigenvalue weighted by Crippen LogP contribution is 2.43. The molecule has 0 N–H and O–H groups in total. The first-order chi connectivity index (χ1) is 14.3. The van der Waals surface area contributed by atoms with Crippen molar-refractivity contribution in [2.75, 3.05) is 6.79 Å². The van der Waals surface area contributed by atoms with Crippen LogP contribution in [-0.4, -0.2) is 11.8 Å². The highest BCUT2D eigenvalue weighted by Gasteiger charge is 2.22. The van der Waals surface area contributed by atoms with Crippen molar-refractivity contribution in [3.8, 4) is 33.9 Å². The zero-order valence-electron chi connectivity index (χ0n) is 15.7. The van der Waals surface area contributed by atoms with Gasteiger partial charge in [0.2, 0.25) is 6.79 Å². The second-order valence-corrected chi connectivity index (χ2v) is 8.61. The zero-order chi connectivity index (χ0) is 19.4. The van der Waals surface area contributed by atoms with Gasteiger partial charge in [-0.15, -0.1) is 11.3 Å². The molecule has 0 radical (unpaired) electrons. The van der Waals surface area contributed by atoms with E-state index in [-0.39, 0.29) is 12.6 Å². The molecule has 5 heteroatoms. The van der Waals surface area contributed by atoms with Crippen LogP contribution < -0.4 is 9.47 Å². The third kappa shape index (κ3) is 2.80. The standard InChI is InChI=1S/C24H18FNO2S/c25-16-5-3-4-14(10-16)18-12-19(15-8-9-20-21(11-15)28-13-27-20)26-24-23(18)17-6-1-2-7-22(17)29-24/h3-5,8-12H,1-2,6-7,13H2. The number of nitrogens with zero attached hydrogens (tertiary/aromatic N) is 1. The third-order valence-electron chi connectivity index (χ3n) is 5.73. The normalized spacial score (nSPS) is 14.9. The number of rotatable bonds is 2. The molecule has 1 aliphatic heterocycles. The van der Waals surface area contributed by atoms with Gasteiger partial charge in [0.15, 0.2) is 11.5 Å². The first kappa shape index (κ1) is 17.0. The maximum atomic E-state index is 14.0. The van der Waals surface area contributed by atoms with Gasteiger partial charge in [0.1, 0.15) is 10.6 Å². The Morgan fingerprint density at radius 2 is 1.79 bits per heavy atom. The van der Waals surface area contributed by atoms with E-state index in [2.05, 4.69) is 6.07 Å². The minimum atomic E-state index is -0.221. The van der Waals surface area contributed by atoms with E-state index in [4.69, 9.17) is 14.5 Å². The largest absolute Gasteiger partial charge is 0.454 e. The quantitative estimate of drug-likeness (QED) is 0.389. The van der Waals surface area contributed by atoms with E-state index in [9.17, 15) is 4.39 Å². The lowest BCUT2D eigenvalue weighted by atomic mass is 9.92. The molecule has 2 aromatic carbocycles. The second kappa shape index (κ2) is 6.56. The molecule has 144 valence electrons. The fourth-order valence-electron chi connectivity index (χ4n) is 4.35. The van der Waals surface area contributed by atoms with E-state index in [1.54, 1.807) is 23.5 Å². The summed E-state index contributed by atoms with van der Waals surface area (Å²) >= 11 is 1.79. The molecule has 0 spiro atoms. The van der Waals surface area contributed by atoms with Crippen LogP contribution in [0.4, 0.5) is 4.39 Å². The Bertz CT molecular complexity index is 1260. The van der Waals surface area contributed by atoms with Crippen LogP contribution in [0.5, 0.6) is 11.5 Å². The first-order valence-electron chi connectivity index (χ1n) is 9.87. The van der Waals surface area contributed by atoms with Gasteiger partial charge in [-0.3, -0.25) is 0 Å². The minimum Gasteiger partial charge on any atom is -0.454 e. The number of ether oxygens (including phenoxy) is 2.